The standard InChI is InChI=1S/C11H21N3S/c1-10(2)6-12-7-11-8-14(9-13-11)4-5-15-3/h8-10,12H,4-7H2,1-3H3. The molecule has 0 saturated carbocycles. The second-order valence-electron chi connectivity index (χ2n) is 4.12. The van der Waals surface area contributed by atoms with E-state index in [-0.39, 0.29) is 0 Å². The number of nitrogens with zero attached hydrogens (tertiary/aromatic N) is 2. The van der Waals surface area contributed by atoms with E-state index in [1.807, 2.05) is 18.1 Å². The van der Waals surface area contributed by atoms with Crippen molar-refractivity contribution in [3.63, 3.8) is 0 Å². The third-order valence-electron chi connectivity index (χ3n) is 2.10. The van der Waals surface area contributed by atoms with Gasteiger partial charge in [0.25, 0.3) is 0 Å². The summed E-state index contributed by atoms with van der Waals surface area (Å²) in [5.41, 5.74) is 1.14. The highest BCUT2D eigenvalue weighted by Crippen LogP contribution is 1.99. The third kappa shape index (κ3) is 5.23. The van der Waals surface area contributed by atoms with E-state index in [2.05, 4.69) is 41.2 Å². The molecule has 0 amide bonds. The number of thioether (sulfide) groups is 1. The van der Waals surface area contributed by atoms with E-state index in [1.165, 1.54) is 0 Å². The molecule has 1 rings (SSSR count). The first kappa shape index (κ1) is 12.6. The van der Waals surface area contributed by atoms with E-state index in [4.69, 9.17) is 0 Å². The van der Waals surface area contributed by atoms with Crippen LogP contribution in [0.1, 0.15) is 19.5 Å². The summed E-state index contributed by atoms with van der Waals surface area (Å²) in [4.78, 5) is 4.36. The van der Waals surface area contributed by atoms with Crippen molar-refractivity contribution in [2.24, 2.45) is 5.92 Å². The molecule has 0 aliphatic rings. The van der Waals surface area contributed by atoms with Crippen molar-refractivity contribution < 1.29 is 0 Å². The van der Waals surface area contributed by atoms with Gasteiger partial charge in [-0.2, -0.15) is 11.8 Å². The minimum atomic E-state index is 0.698. The maximum atomic E-state index is 4.36. The summed E-state index contributed by atoms with van der Waals surface area (Å²) in [6, 6.07) is 0. The van der Waals surface area contributed by atoms with Gasteiger partial charge in [-0.25, -0.2) is 4.98 Å². The number of rotatable bonds is 7. The minimum absolute atomic E-state index is 0.698. The first-order valence-corrected chi connectivity index (χ1v) is 6.82. The van der Waals surface area contributed by atoms with Crippen LogP contribution in [0.2, 0.25) is 0 Å². The summed E-state index contributed by atoms with van der Waals surface area (Å²) in [6.07, 6.45) is 6.17. The van der Waals surface area contributed by atoms with Crippen LogP contribution in [0.25, 0.3) is 0 Å². The molecule has 0 bridgehead atoms. The molecule has 15 heavy (non-hydrogen) atoms. The minimum Gasteiger partial charge on any atom is -0.336 e. The number of aromatic nitrogens is 2. The Hall–Kier alpha value is -0.480. The lowest BCUT2D eigenvalue weighted by Gasteiger charge is -2.04. The van der Waals surface area contributed by atoms with Crippen molar-refractivity contribution in [1.82, 2.24) is 14.9 Å². The van der Waals surface area contributed by atoms with E-state index < -0.39 is 0 Å². The summed E-state index contributed by atoms with van der Waals surface area (Å²) in [6.45, 7) is 7.41. The quantitative estimate of drug-likeness (QED) is 0.772. The zero-order valence-electron chi connectivity index (χ0n) is 9.86. The van der Waals surface area contributed by atoms with Crippen molar-refractivity contribution >= 4 is 11.8 Å². The summed E-state index contributed by atoms with van der Waals surface area (Å²) in [7, 11) is 0. The van der Waals surface area contributed by atoms with Gasteiger partial charge in [0.05, 0.1) is 12.0 Å². The topological polar surface area (TPSA) is 29.9 Å². The molecule has 1 heterocycles. The Morgan fingerprint density at radius 1 is 1.53 bits per heavy atom. The van der Waals surface area contributed by atoms with Gasteiger partial charge in [-0.1, -0.05) is 13.8 Å². The van der Waals surface area contributed by atoms with Crippen molar-refractivity contribution in [2.45, 2.75) is 26.9 Å². The second kappa shape index (κ2) is 6.90. The van der Waals surface area contributed by atoms with Gasteiger partial charge in [0.2, 0.25) is 0 Å². The smallest absolute Gasteiger partial charge is 0.0950 e. The molecule has 0 fully saturated rings. The average molecular weight is 227 g/mol. The molecule has 0 spiro atoms. The van der Waals surface area contributed by atoms with Gasteiger partial charge in [-0.3, -0.25) is 0 Å². The van der Waals surface area contributed by atoms with E-state index in [0.29, 0.717) is 5.92 Å². The van der Waals surface area contributed by atoms with Crippen LogP contribution in [0.3, 0.4) is 0 Å². The predicted octanol–water partition coefficient (Wildman–Crippen LogP) is 1.99. The maximum absolute atomic E-state index is 4.36. The van der Waals surface area contributed by atoms with Crippen molar-refractivity contribution in [3.05, 3.63) is 18.2 Å². The van der Waals surface area contributed by atoms with Gasteiger partial charge in [0.1, 0.15) is 0 Å². The van der Waals surface area contributed by atoms with Crippen molar-refractivity contribution in [2.75, 3.05) is 18.6 Å². The predicted molar refractivity (Wildman–Crippen MR) is 67.2 cm³/mol. The monoisotopic (exact) mass is 227 g/mol. The number of imidazole rings is 1. The van der Waals surface area contributed by atoms with Gasteiger partial charge in [-0.15, -0.1) is 0 Å². The number of hydrogen-bond donors (Lipinski definition) is 1. The zero-order valence-corrected chi connectivity index (χ0v) is 10.7. The lowest BCUT2D eigenvalue weighted by Crippen LogP contribution is -2.19. The Balaban J connectivity index is 2.26. The van der Waals surface area contributed by atoms with E-state index in [1.54, 1.807) is 0 Å². The fourth-order valence-corrected chi connectivity index (χ4v) is 1.70. The van der Waals surface area contributed by atoms with Crippen LogP contribution in [0, 0.1) is 5.92 Å². The Morgan fingerprint density at radius 2 is 2.33 bits per heavy atom. The van der Waals surface area contributed by atoms with Crippen LogP contribution < -0.4 is 5.32 Å². The largest absolute Gasteiger partial charge is 0.336 e. The lowest BCUT2D eigenvalue weighted by molar-refractivity contribution is 0.548. The molecular formula is C11H21N3S. The molecule has 0 radical (unpaired) electrons. The summed E-state index contributed by atoms with van der Waals surface area (Å²) in [5, 5.41) is 3.39. The van der Waals surface area contributed by atoms with Gasteiger partial charge in [-0.05, 0) is 18.7 Å². The highest BCUT2D eigenvalue weighted by Gasteiger charge is 1.99. The lowest BCUT2D eigenvalue weighted by atomic mass is 10.2. The highest BCUT2D eigenvalue weighted by atomic mass is 32.2. The third-order valence-corrected chi connectivity index (χ3v) is 2.69. The Kier molecular flexibility index (Phi) is 5.79. The number of aryl methyl sites for hydroxylation is 1. The summed E-state index contributed by atoms with van der Waals surface area (Å²) >= 11 is 1.86. The molecule has 0 saturated heterocycles. The molecule has 1 N–H and O–H groups in total. The van der Waals surface area contributed by atoms with Crippen LogP contribution in [0.4, 0.5) is 0 Å². The van der Waals surface area contributed by atoms with Gasteiger partial charge >= 0.3 is 0 Å². The molecule has 0 unspecified atom stereocenters. The molecule has 0 aliphatic carbocycles. The molecule has 4 heteroatoms. The first-order valence-electron chi connectivity index (χ1n) is 5.42. The summed E-state index contributed by atoms with van der Waals surface area (Å²) < 4.78 is 2.16. The second-order valence-corrected chi connectivity index (χ2v) is 5.11. The van der Waals surface area contributed by atoms with Crippen LogP contribution in [0.15, 0.2) is 12.5 Å². The molecule has 3 nitrogen and oxygen atoms in total. The molecule has 0 atom stereocenters. The Morgan fingerprint density at radius 3 is 3.00 bits per heavy atom. The Bertz CT molecular complexity index is 271. The normalized spacial score (nSPS) is 11.2. The van der Waals surface area contributed by atoms with Crippen LogP contribution >= 0.6 is 11.8 Å². The van der Waals surface area contributed by atoms with E-state index in [0.717, 1.165) is 31.1 Å². The van der Waals surface area contributed by atoms with Crippen LogP contribution in [0.5, 0.6) is 0 Å². The zero-order chi connectivity index (χ0) is 11.1. The molecule has 86 valence electrons. The SMILES string of the molecule is CSCCn1cnc(CNCC(C)C)c1. The molecule has 0 aromatic carbocycles. The average Bonchev–Trinajstić information content (AvgIpc) is 2.62. The van der Waals surface area contributed by atoms with Crippen molar-refractivity contribution in [1.29, 1.82) is 0 Å². The van der Waals surface area contributed by atoms with Crippen LogP contribution in [-0.2, 0) is 13.1 Å². The fraction of sp³-hybridized carbons (Fsp3) is 0.727. The molecule has 1 aromatic rings. The van der Waals surface area contributed by atoms with E-state index in [9.17, 15) is 0 Å². The van der Waals surface area contributed by atoms with Gasteiger partial charge in [0.15, 0.2) is 0 Å². The maximum Gasteiger partial charge on any atom is 0.0950 e. The first-order chi connectivity index (χ1) is 7.22. The fourth-order valence-electron chi connectivity index (χ4n) is 1.31. The van der Waals surface area contributed by atoms with Gasteiger partial charge < -0.3 is 9.88 Å². The molecular weight excluding hydrogens is 206 g/mol. The van der Waals surface area contributed by atoms with Crippen molar-refractivity contribution in [3.8, 4) is 0 Å². The highest BCUT2D eigenvalue weighted by molar-refractivity contribution is 7.98. The Labute approximate surface area is 96.7 Å². The van der Waals surface area contributed by atoms with Crippen LogP contribution in [-0.4, -0.2) is 28.1 Å². The number of hydrogen-bond acceptors (Lipinski definition) is 3. The molecule has 0 aliphatic heterocycles. The van der Waals surface area contributed by atoms with E-state index >= 15 is 0 Å². The van der Waals surface area contributed by atoms with Gasteiger partial charge in [0, 0.05) is 25.0 Å². The molecule has 1 aromatic heterocycles. The summed E-state index contributed by atoms with van der Waals surface area (Å²) in [5.74, 6) is 1.85. The number of nitrogens with one attached hydrogen (secondary N) is 1.